The molecule has 2 fully saturated rings. The highest BCUT2D eigenvalue weighted by molar-refractivity contribution is 7.89. The number of nitrogens with zero attached hydrogens (tertiary/aromatic N) is 2. The summed E-state index contributed by atoms with van der Waals surface area (Å²) in [7, 11) is -3.59. The average Bonchev–Trinajstić information content (AvgIpc) is 2.83. The van der Waals surface area contributed by atoms with E-state index < -0.39 is 10.0 Å². The van der Waals surface area contributed by atoms with Gasteiger partial charge in [-0.25, -0.2) is 8.42 Å². The van der Waals surface area contributed by atoms with Gasteiger partial charge in [0.1, 0.15) is 0 Å². The first kappa shape index (κ1) is 24.2. The molecule has 0 amide bonds. The van der Waals surface area contributed by atoms with Gasteiger partial charge in [-0.1, -0.05) is 72.3 Å². The summed E-state index contributed by atoms with van der Waals surface area (Å²) in [6.07, 6.45) is 1.74. The molecule has 3 atom stereocenters. The van der Waals surface area contributed by atoms with Crippen molar-refractivity contribution in [3.05, 3.63) is 89.5 Å². The third-order valence-corrected chi connectivity index (χ3v) is 9.72. The third kappa shape index (κ3) is 4.56. The lowest BCUT2D eigenvalue weighted by molar-refractivity contribution is -0.0553. The number of hydrogen-bond donors (Lipinski definition) is 1. The molecule has 2 aliphatic rings. The van der Waals surface area contributed by atoms with Crippen molar-refractivity contribution in [2.24, 2.45) is 0 Å². The predicted molar refractivity (Wildman–Crippen MR) is 140 cm³/mol. The highest BCUT2D eigenvalue weighted by Crippen LogP contribution is 2.43. The minimum absolute atomic E-state index is 0.0194. The third-order valence-electron chi connectivity index (χ3n) is 7.69. The molecule has 3 aromatic carbocycles. The van der Waals surface area contributed by atoms with Crippen LogP contribution in [-0.2, 0) is 10.0 Å². The summed E-state index contributed by atoms with van der Waals surface area (Å²) in [5, 5.41) is 10.2. The second kappa shape index (κ2) is 9.86. The van der Waals surface area contributed by atoms with Gasteiger partial charge in [0.05, 0.1) is 11.5 Å². The Morgan fingerprint density at radius 3 is 2.34 bits per heavy atom. The van der Waals surface area contributed by atoms with Crippen LogP contribution >= 0.6 is 0 Å². The first-order valence-corrected chi connectivity index (χ1v) is 13.9. The van der Waals surface area contributed by atoms with Crippen LogP contribution in [0, 0.1) is 13.8 Å². The van der Waals surface area contributed by atoms with Gasteiger partial charge in [-0.2, -0.15) is 4.31 Å². The summed E-state index contributed by atoms with van der Waals surface area (Å²) in [5.41, 5.74) is 5.51. The summed E-state index contributed by atoms with van der Waals surface area (Å²) < 4.78 is 28.9. The summed E-state index contributed by atoms with van der Waals surface area (Å²) in [5.74, 6) is 0.0965. The van der Waals surface area contributed by atoms with E-state index in [1.54, 1.807) is 16.4 Å². The maximum atomic E-state index is 13.6. The number of hydrogen-bond acceptors (Lipinski definition) is 4. The van der Waals surface area contributed by atoms with E-state index in [-0.39, 0.29) is 24.6 Å². The lowest BCUT2D eigenvalue weighted by Gasteiger charge is -2.57. The Labute approximate surface area is 209 Å². The van der Waals surface area contributed by atoms with Gasteiger partial charge in [-0.05, 0) is 61.6 Å². The van der Waals surface area contributed by atoms with E-state index in [4.69, 9.17) is 0 Å². The van der Waals surface area contributed by atoms with E-state index in [1.807, 2.05) is 19.1 Å². The van der Waals surface area contributed by atoms with E-state index in [9.17, 15) is 13.5 Å². The van der Waals surface area contributed by atoms with Gasteiger partial charge in [0.15, 0.2) is 0 Å². The topological polar surface area (TPSA) is 60.9 Å². The molecule has 0 unspecified atom stereocenters. The van der Waals surface area contributed by atoms with Crippen molar-refractivity contribution in [2.75, 3.05) is 26.2 Å². The van der Waals surface area contributed by atoms with Crippen molar-refractivity contribution in [3.8, 4) is 11.1 Å². The zero-order chi connectivity index (χ0) is 24.6. The molecule has 0 saturated carbocycles. The molecule has 6 heteroatoms. The summed E-state index contributed by atoms with van der Waals surface area (Å²) in [4.78, 5) is 2.71. The summed E-state index contributed by atoms with van der Waals surface area (Å²) >= 11 is 0. The van der Waals surface area contributed by atoms with Crippen molar-refractivity contribution in [1.82, 2.24) is 9.21 Å². The summed E-state index contributed by atoms with van der Waals surface area (Å²) in [6, 6.07) is 24.4. The minimum Gasteiger partial charge on any atom is -0.395 e. The Kier molecular flexibility index (Phi) is 6.82. The molecule has 0 spiro atoms. The van der Waals surface area contributed by atoms with Crippen molar-refractivity contribution < 1.29 is 13.5 Å². The molecule has 0 aromatic heterocycles. The van der Waals surface area contributed by atoms with Crippen LogP contribution < -0.4 is 0 Å². The van der Waals surface area contributed by atoms with Gasteiger partial charge in [-0.3, -0.25) is 4.90 Å². The molecule has 2 saturated heterocycles. The zero-order valence-electron chi connectivity index (χ0n) is 20.5. The van der Waals surface area contributed by atoms with Gasteiger partial charge >= 0.3 is 0 Å². The maximum Gasteiger partial charge on any atom is 0.243 e. The van der Waals surface area contributed by atoms with Crippen molar-refractivity contribution >= 4 is 10.0 Å². The van der Waals surface area contributed by atoms with Crippen LogP contribution in [0.25, 0.3) is 11.1 Å². The molecule has 5 nitrogen and oxygen atoms in total. The van der Waals surface area contributed by atoms with Crippen LogP contribution in [0.5, 0.6) is 0 Å². The van der Waals surface area contributed by atoms with Crippen molar-refractivity contribution in [3.63, 3.8) is 0 Å². The minimum atomic E-state index is -3.59. The van der Waals surface area contributed by atoms with Gasteiger partial charge in [-0.15, -0.1) is 0 Å². The monoisotopic (exact) mass is 490 g/mol. The normalized spacial score (nSPS) is 23.7. The first-order chi connectivity index (χ1) is 16.9. The van der Waals surface area contributed by atoms with Crippen LogP contribution in [0.2, 0.25) is 0 Å². The number of aryl methyl sites for hydroxylation is 2. The lowest BCUT2D eigenvalue weighted by Crippen LogP contribution is -2.67. The van der Waals surface area contributed by atoms with Crippen LogP contribution in [0.3, 0.4) is 0 Å². The number of benzene rings is 3. The number of fused-ring (bicyclic) bond motifs is 1. The smallest absolute Gasteiger partial charge is 0.243 e. The molecule has 5 rings (SSSR count). The van der Waals surface area contributed by atoms with E-state index in [2.05, 4.69) is 60.4 Å². The predicted octanol–water partition coefficient (Wildman–Crippen LogP) is 4.58. The van der Waals surface area contributed by atoms with Crippen LogP contribution in [0.15, 0.2) is 77.7 Å². The number of aliphatic hydroxyl groups excluding tert-OH is 1. The molecule has 184 valence electrons. The number of sulfonamides is 1. The molecule has 3 aromatic rings. The Hall–Kier alpha value is -2.51. The maximum absolute atomic E-state index is 13.6. The second-order valence-corrected chi connectivity index (χ2v) is 11.8. The Bertz CT molecular complexity index is 1290. The molecule has 2 heterocycles. The quantitative estimate of drug-likeness (QED) is 0.569. The lowest BCUT2D eigenvalue weighted by atomic mass is 9.74. The van der Waals surface area contributed by atoms with Gasteiger partial charge < -0.3 is 5.11 Å². The number of rotatable bonds is 5. The fourth-order valence-corrected chi connectivity index (χ4v) is 7.56. The van der Waals surface area contributed by atoms with Gasteiger partial charge in [0, 0.05) is 31.1 Å². The number of aliphatic hydroxyl groups is 1. The highest BCUT2D eigenvalue weighted by atomic mass is 32.2. The Morgan fingerprint density at radius 1 is 0.886 bits per heavy atom. The highest BCUT2D eigenvalue weighted by Gasteiger charge is 2.50. The van der Waals surface area contributed by atoms with E-state index in [0.717, 1.165) is 36.1 Å². The molecular weight excluding hydrogens is 456 g/mol. The molecule has 0 radical (unpaired) electrons. The Morgan fingerprint density at radius 2 is 1.63 bits per heavy atom. The van der Waals surface area contributed by atoms with E-state index in [0.29, 0.717) is 18.0 Å². The van der Waals surface area contributed by atoms with Gasteiger partial charge in [0.2, 0.25) is 10.0 Å². The first-order valence-electron chi connectivity index (χ1n) is 12.5. The van der Waals surface area contributed by atoms with Crippen molar-refractivity contribution in [2.45, 2.75) is 49.6 Å². The second-order valence-electron chi connectivity index (χ2n) is 9.91. The molecular formula is C29H34N2O3S. The zero-order valence-corrected chi connectivity index (χ0v) is 21.3. The van der Waals surface area contributed by atoms with Crippen molar-refractivity contribution in [1.29, 1.82) is 0 Å². The molecule has 1 N–H and O–H groups in total. The fraction of sp³-hybridized carbons (Fsp3) is 0.379. The van der Waals surface area contributed by atoms with Gasteiger partial charge in [0.25, 0.3) is 0 Å². The molecule has 35 heavy (non-hydrogen) atoms. The fourth-order valence-electron chi connectivity index (χ4n) is 5.83. The van der Waals surface area contributed by atoms with Crippen LogP contribution in [-0.4, -0.2) is 61.1 Å². The van der Waals surface area contributed by atoms with Crippen LogP contribution in [0.4, 0.5) is 0 Å². The van der Waals surface area contributed by atoms with E-state index in [1.165, 1.54) is 11.1 Å². The molecule has 0 bridgehead atoms. The molecule has 2 aliphatic heterocycles. The SMILES string of the molecule is Cc1cccc(-c2ccc([C@@H]3[C@@H](CO)N4CCCCN(S(=O)(=O)c5ccccc5C)C[C@@H]34)cc2)c1. The molecule has 0 aliphatic carbocycles. The standard InChI is InChI=1S/C29H34N2O3S/c1-21-8-7-10-25(18-21)23-12-14-24(15-13-23)29-26-19-30(16-5-6-17-31(26)27(29)20-32)35(33,34)28-11-4-3-9-22(28)2/h3-4,7-15,18,26-27,29,32H,5-6,16-17,19-20H2,1-2H3/t26-,27+,29-/m0/s1. The summed E-state index contributed by atoms with van der Waals surface area (Å²) in [6.45, 7) is 5.89. The van der Waals surface area contributed by atoms with E-state index >= 15 is 0 Å². The largest absolute Gasteiger partial charge is 0.395 e. The Balaban J connectivity index is 1.43. The van der Waals surface area contributed by atoms with Crippen LogP contribution in [0.1, 0.15) is 35.4 Å². The average molecular weight is 491 g/mol.